The van der Waals surface area contributed by atoms with Crippen LogP contribution in [0, 0.1) is 0 Å². The molecule has 2 heterocycles. The van der Waals surface area contributed by atoms with Crippen LogP contribution in [0.3, 0.4) is 0 Å². The molecule has 1 fully saturated rings. The van der Waals surface area contributed by atoms with Crippen LogP contribution >= 0.6 is 11.3 Å². The van der Waals surface area contributed by atoms with Gasteiger partial charge in [-0.15, -0.1) is 0 Å². The van der Waals surface area contributed by atoms with E-state index in [1.807, 2.05) is 0 Å². The number of morpholine rings is 1. The van der Waals surface area contributed by atoms with E-state index in [2.05, 4.69) is 34.0 Å². The Morgan fingerprint density at radius 2 is 2.28 bits per heavy atom. The topological polar surface area (TPSA) is 44.7 Å². The predicted octanol–water partition coefficient (Wildman–Crippen LogP) is 1.09. The van der Waals surface area contributed by atoms with Gasteiger partial charge < -0.3 is 15.2 Å². The molecule has 0 aliphatic carbocycles. The first kappa shape index (κ1) is 14.0. The Morgan fingerprint density at radius 3 is 2.94 bits per heavy atom. The van der Waals surface area contributed by atoms with Gasteiger partial charge in [0.05, 0.1) is 19.3 Å². The minimum atomic E-state index is -0.316. The van der Waals surface area contributed by atoms with Gasteiger partial charge in [-0.25, -0.2) is 0 Å². The maximum absolute atomic E-state index is 10.0. The van der Waals surface area contributed by atoms with Crippen LogP contribution in [0.4, 0.5) is 0 Å². The van der Waals surface area contributed by atoms with E-state index in [-0.39, 0.29) is 6.10 Å². The number of aliphatic hydroxyl groups excluding tert-OH is 1. The number of β-amino-alcohol motifs (C(OH)–C–C–N with tert-alkyl or cyclic N) is 1. The Balaban J connectivity index is 1.66. The molecular weight excluding hydrogens is 248 g/mol. The van der Waals surface area contributed by atoms with Crippen LogP contribution in [-0.4, -0.2) is 55.5 Å². The molecule has 1 aromatic rings. The van der Waals surface area contributed by atoms with Gasteiger partial charge in [0, 0.05) is 32.2 Å². The van der Waals surface area contributed by atoms with Gasteiger partial charge in [-0.1, -0.05) is 0 Å². The van der Waals surface area contributed by atoms with Crippen LogP contribution in [0.5, 0.6) is 0 Å². The van der Waals surface area contributed by atoms with Crippen LogP contribution in [0.1, 0.15) is 18.5 Å². The molecule has 2 atom stereocenters. The highest BCUT2D eigenvalue weighted by atomic mass is 32.1. The summed E-state index contributed by atoms with van der Waals surface area (Å²) >= 11 is 1.71. The second kappa shape index (κ2) is 7.21. The molecule has 5 heteroatoms. The van der Waals surface area contributed by atoms with Crippen LogP contribution < -0.4 is 5.32 Å². The molecule has 1 aliphatic heterocycles. The summed E-state index contributed by atoms with van der Waals surface area (Å²) in [6.45, 7) is 6.91. The van der Waals surface area contributed by atoms with E-state index < -0.39 is 0 Å². The van der Waals surface area contributed by atoms with Crippen molar-refractivity contribution in [2.75, 3.05) is 39.4 Å². The quantitative estimate of drug-likeness (QED) is 0.812. The smallest absolute Gasteiger partial charge is 0.0791 e. The molecule has 0 aromatic carbocycles. The third kappa shape index (κ3) is 4.33. The molecule has 1 aromatic heterocycles. The largest absolute Gasteiger partial charge is 0.390 e. The highest BCUT2D eigenvalue weighted by Gasteiger charge is 2.15. The standard InChI is InChI=1S/C13H22N2O2S/c1-11(12-2-7-18-10-12)14-8-13(16)9-15-3-5-17-6-4-15/h2,7,10-11,13-14,16H,3-6,8-9H2,1H3. The van der Waals surface area contributed by atoms with Crippen LogP contribution in [0.15, 0.2) is 16.8 Å². The number of thiophene rings is 1. The number of ether oxygens (including phenoxy) is 1. The number of nitrogens with zero attached hydrogens (tertiary/aromatic N) is 1. The molecule has 0 amide bonds. The molecule has 2 rings (SSSR count). The molecule has 18 heavy (non-hydrogen) atoms. The van der Waals surface area contributed by atoms with Crippen molar-refractivity contribution in [1.29, 1.82) is 0 Å². The van der Waals surface area contributed by atoms with Crippen molar-refractivity contribution in [1.82, 2.24) is 10.2 Å². The Morgan fingerprint density at radius 1 is 1.50 bits per heavy atom. The van der Waals surface area contributed by atoms with Gasteiger partial charge in [-0.3, -0.25) is 4.90 Å². The lowest BCUT2D eigenvalue weighted by Gasteiger charge is -2.29. The molecule has 0 bridgehead atoms. The summed E-state index contributed by atoms with van der Waals surface area (Å²) < 4.78 is 5.29. The summed E-state index contributed by atoms with van der Waals surface area (Å²) in [5.41, 5.74) is 1.29. The second-order valence-corrected chi connectivity index (χ2v) is 5.53. The lowest BCUT2D eigenvalue weighted by atomic mass is 10.2. The number of hydrogen-bond acceptors (Lipinski definition) is 5. The summed E-state index contributed by atoms with van der Waals surface area (Å²) in [6.07, 6.45) is -0.316. The number of aliphatic hydroxyl groups is 1. The molecule has 2 N–H and O–H groups in total. The summed E-state index contributed by atoms with van der Waals surface area (Å²) in [5, 5.41) is 17.6. The number of rotatable bonds is 6. The molecule has 2 unspecified atom stereocenters. The van der Waals surface area contributed by atoms with Crippen molar-refractivity contribution in [3.63, 3.8) is 0 Å². The van der Waals surface area contributed by atoms with Crippen molar-refractivity contribution in [3.05, 3.63) is 22.4 Å². The average Bonchev–Trinajstić information content (AvgIpc) is 2.91. The van der Waals surface area contributed by atoms with Crippen molar-refractivity contribution >= 4 is 11.3 Å². The maximum Gasteiger partial charge on any atom is 0.0791 e. The maximum atomic E-state index is 10.0. The molecule has 0 radical (unpaired) electrons. The zero-order valence-electron chi connectivity index (χ0n) is 10.8. The van der Waals surface area contributed by atoms with E-state index >= 15 is 0 Å². The van der Waals surface area contributed by atoms with E-state index in [4.69, 9.17) is 4.74 Å². The molecule has 1 saturated heterocycles. The van der Waals surface area contributed by atoms with Gasteiger partial charge in [-0.05, 0) is 29.3 Å². The van der Waals surface area contributed by atoms with Crippen LogP contribution in [0.2, 0.25) is 0 Å². The Labute approximate surface area is 113 Å². The van der Waals surface area contributed by atoms with E-state index in [1.54, 1.807) is 11.3 Å². The van der Waals surface area contributed by atoms with E-state index in [0.717, 1.165) is 32.8 Å². The molecular formula is C13H22N2O2S. The molecule has 0 spiro atoms. The fraction of sp³-hybridized carbons (Fsp3) is 0.692. The highest BCUT2D eigenvalue weighted by molar-refractivity contribution is 7.07. The van der Waals surface area contributed by atoms with E-state index in [1.165, 1.54) is 5.56 Å². The summed E-state index contributed by atoms with van der Waals surface area (Å²) in [4.78, 5) is 2.26. The SMILES string of the molecule is CC(NCC(O)CN1CCOCC1)c1ccsc1. The highest BCUT2D eigenvalue weighted by Crippen LogP contribution is 2.15. The monoisotopic (exact) mass is 270 g/mol. The summed E-state index contributed by atoms with van der Waals surface area (Å²) in [5.74, 6) is 0. The second-order valence-electron chi connectivity index (χ2n) is 4.75. The minimum Gasteiger partial charge on any atom is -0.390 e. The Hall–Kier alpha value is -0.460. The van der Waals surface area contributed by atoms with Crippen molar-refractivity contribution in [2.24, 2.45) is 0 Å². The first-order valence-corrected chi connectivity index (χ1v) is 7.43. The molecule has 102 valence electrons. The van der Waals surface area contributed by atoms with Gasteiger partial charge in [-0.2, -0.15) is 11.3 Å². The zero-order chi connectivity index (χ0) is 12.8. The van der Waals surface area contributed by atoms with Gasteiger partial charge in [0.1, 0.15) is 0 Å². The first-order chi connectivity index (χ1) is 8.75. The normalized spacial score (nSPS) is 20.8. The minimum absolute atomic E-state index is 0.301. The molecule has 4 nitrogen and oxygen atoms in total. The molecule has 0 saturated carbocycles. The number of nitrogens with one attached hydrogen (secondary N) is 1. The average molecular weight is 270 g/mol. The van der Waals surface area contributed by atoms with Crippen molar-refractivity contribution in [2.45, 2.75) is 19.1 Å². The summed E-state index contributed by atoms with van der Waals surface area (Å²) in [7, 11) is 0. The lowest BCUT2D eigenvalue weighted by Crippen LogP contribution is -2.44. The first-order valence-electron chi connectivity index (χ1n) is 6.49. The third-order valence-corrected chi connectivity index (χ3v) is 3.98. The van der Waals surface area contributed by atoms with Crippen LogP contribution in [-0.2, 0) is 4.74 Å². The van der Waals surface area contributed by atoms with Crippen molar-refractivity contribution in [3.8, 4) is 0 Å². The van der Waals surface area contributed by atoms with E-state index in [0.29, 0.717) is 12.6 Å². The Kier molecular flexibility index (Phi) is 5.59. The predicted molar refractivity (Wildman–Crippen MR) is 74.0 cm³/mol. The van der Waals surface area contributed by atoms with Crippen molar-refractivity contribution < 1.29 is 9.84 Å². The Bertz CT molecular complexity index is 326. The van der Waals surface area contributed by atoms with Gasteiger partial charge in [0.25, 0.3) is 0 Å². The molecule has 1 aliphatic rings. The fourth-order valence-electron chi connectivity index (χ4n) is 2.10. The van der Waals surface area contributed by atoms with Gasteiger partial charge >= 0.3 is 0 Å². The third-order valence-electron chi connectivity index (χ3n) is 3.28. The van der Waals surface area contributed by atoms with Gasteiger partial charge in [0.2, 0.25) is 0 Å². The zero-order valence-corrected chi connectivity index (χ0v) is 11.7. The summed E-state index contributed by atoms with van der Waals surface area (Å²) in [6, 6.07) is 2.42. The lowest BCUT2D eigenvalue weighted by molar-refractivity contribution is 0.0145. The van der Waals surface area contributed by atoms with E-state index in [9.17, 15) is 5.11 Å². The fourth-order valence-corrected chi connectivity index (χ4v) is 2.85. The van der Waals surface area contributed by atoms with Crippen LogP contribution in [0.25, 0.3) is 0 Å². The van der Waals surface area contributed by atoms with Gasteiger partial charge in [0.15, 0.2) is 0 Å². The number of hydrogen-bond donors (Lipinski definition) is 2.